The van der Waals surface area contributed by atoms with Gasteiger partial charge < -0.3 is 19.1 Å². The lowest BCUT2D eigenvalue weighted by Gasteiger charge is -2.37. The Morgan fingerprint density at radius 1 is 0.756 bits per heavy atom. The first-order valence-electron chi connectivity index (χ1n) is 14.8. The number of carboxylic acids is 1. The quantitative estimate of drug-likeness (QED) is 0.166. The molecule has 1 N–H and O–H groups in total. The maximum Gasteiger partial charge on any atom is 0.411 e. The minimum Gasteiger partial charge on any atom is -0.480 e. The number of imidazole rings is 1. The van der Waals surface area contributed by atoms with Gasteiger partial charge in [-0.2, -0.15) is 0 Å². The molecule has 1 heterocycles. The normalized spacial score (nSPS) is 12.7. The lowest BCUT2D eigenvalue weighted by Crippen LogP contribution is -2.52. The lowest BCUT2D eigenvalue weighted by atomic mass is 9.77. The summed E-state index contributed by atoms with van der Waals surface area (Å²) in [4.78, 5) is 44.5. The van der Waals surface area contributed by atoms with Gasteiger partial charge in [-0.1, -0.05) is 91.0 Å². The predicted molar refractivity (Wildman–Crippen MR) is 171 cm³/mol. The van der Waals surface area contributed by atoms with Crippen LogP contribution in [0.3, 0.4) is 0 Å². The molecule has 0 saturated carbocycles. The van der Waals surface area contributed by atoms with Crippen LogP contribution in [0, 0.1) is 0 Å². The van der Waals surface area contributed by atoms with Crippen LogP contribution in [0.4, 0.5) is 4.79 Å². The van der Waals surface area contributed by atoms with Gasteiger partial charge in [0.1, 0.15) is 29.3 Å². The van der Waals surface area contributed by atoms with Crippen LogP contribution in [-0.2, 0) is 31.0 Å². The Bertz CT molecular complexity index is 1490. The van der Waals surface area contributed by atoms with E-state index in [1.807, 2.05) is 65.4 Å². The number of carbonyl (C=O) groups excluding carboxylic acids is 2. The molecule has 9 nitrogen and oxygen atoms in total. The number of esters is 1. The number of benzene rings is 3. The molecular formula is C36H41N3O6. The molecule has 9 heteroatoms. The van der Waals surface area contributed by atoms with E-state index in [1.54, 1.807) is 47.9 Å². The summed E-state index contributed by atoms with van der Waals surface area (Å²) >= 11 is 0. The van der Waals surface area contributed by atoms with Crippen LogP contribution >= 0.6 is 0 Å². The van der Waals surface area contributed by atoms with Gasteiger partial charge in [-0.3, -0.25) is 9.69 Å². The third-order valence-corrected chi connectivity index (χ3v) is 6.99. The van der Waals surface area contributed by atoms with Crippen molar-refractivity contribution in [1.29, 1.82) is 0 Å². The van der Waals surface area contributed by atoms with Crippen molar-refractivity contribution in [2.45, 2.75) is 70.7 Å². The zero-order valence-electron chi connectivity index (χ0n) is 26.6. The zero-order valence-corrected chi connectivity index (χ0v) is 26.6. The van der Waals surface area contributed by atoms with E-state index in [0.29, 0.717) is 5.69 Å². The summed E-state index contributed by atoms with van der Waals surface area (Å²) in [5.41, 5.74) is 0.748. The Kier molecular flexibility index (Phi) is 9.81. The summed E-state index contributed by atoms with van der Waals surface area (Å²) in [7, 11) is 0. The van der Waals surface area contributed by atoms with Gasteiger partial charge in [-0.15, -0.1) is 0 Å². The smallest absolute Gasteiger partial charge is 0.411 e. The van der Waals surface area contributed by atoms with Gasteiger partial charge in [0.25, 0.3) is 0 Å². The molecule has 0 unspecified atom stereocenters. The molecule has 4 rings (SSSR count). The number of hydrogen-bond donors (Lipinski definition) is 1. The molecule has 0 aliphatic heterocycles. The van der Waals surface area contributed by atoms with Gasteiger partial charge in [0.05, 0.1) is 12.0 Å². The van der Waals surface area contributed by atoms with E-state index in [1.165, 1.54) is 0 Å². The van der Waals surface area contributed by atoms with E-state index in [0.717, 1.165) is 21.6 Å². The number of amides is 1. The van der Waals surface area contributed by atoms with Crippen molar-refractivity contribution in [3.8, 4) is 0 Å². The number of carbonyl (C=O) groups is 3. The molecule has 3 aromatic carbocycles. The average molecular weight is 612 g/mol. The fourth-order valence-corrected chi connectivity index (χ4v) is 5.29. The third-order valence-electron chi connectivity index (χ3n) is 6.99. The second-order valence-corrected chi connectivity index (χ2v) is 12.8. The molecule has 0 saturated heterocycles. The molecule has 0 bridgehead atoms. The highest BCUT2D eigenvalue weighted by Gasteiger charge is 2.40. The number of aromatic nitrogens is 2. The molecule has 0 aliphatic carbocycles. The third kappa shape index (κ3) is 7.98. The topological polar surface area (TPSA) is 111 Å². The van der Waals surface area contributed by atoms with Gasteiger partial charge in [0.15, 0.2) is 0 Å². The molecule has 0 fully saturated rings. The van der Waals surface area contributed by atoms with Crippen LogP contribution in [0.25, 0.3) is 0 Å². The molecule has 45 heavy (non-hydrogen) atoms. The van der Waals surface area contributed by atoms with Crippen LogP contribution < -0.4 is 0 Å². The number of ether oxygens (including phenoxy) is 2. The van der Waals surface area contributed by atoms with Crippen LogP contribution in [-0.4, -0.2) is 61.4 Å². The van der Waals surface area contributed by atoms with Crippen molar-refractivity contribution in [1.82, 2.24) is 14.5 Å². The predicted octanol–water partition coefficient (Wildman–Crippen LogP) is 6.30. The summed E-state index contributed by atoms with van der Waals surface area (Å²) in [5.74, 6) is -2.05. The van der Waals surface area contributed by atoms with Crippen LogP contribution in [0.1, 0.15) is 63.9 Å². The van der Waals surface area contributed by atoms with E-state index >= 15 is 0 Å². The van der Waals surface area contributed by atoms with E-state index in [2.05, 4.69) is 36.4 Å². The Morgan fingerprint density at radius 2 is 1.20 bits per heavy atom. The summed E-state index contributed by atoms with van der Waals surface area (Å²) < 4.78 is 13.2. The number of nitrogens with zero attached hydrogens (tertiary/aromatic N) is 3. The standard InChI is InChI=1S/C36H41N3O6/c1-34(2,3)44-32(42)30(39(24-31(40)41)33(43)45-35(4,5)6)22-29-23-38(25-37-29)36(26-16-10-7-11-17-26,27-18-12-8-13-19-27)28-20-14-9-15-21-28/h7-21,23,25,30H,22,24H2,1-6H3,(H,40,41)/t30-/m0/s1. The fourth-order valence-electron chi connectivity index (χ4n) is 5.29. The summed E-state index contributed by atoms with van der Waals surface area (Å²) in [5, 5.41) is 9.73. The van der Waals surface area contributed by atoms with E-state index in [-0.39, 0.29) is 6.42 Å². The van der Waals surface area contributed by atoms with Gasteiger partial charge >= 0.3 is 18.0 Å². The van der Waals surface area contributed by atoms with Crippen LogP contribution in [0.5, 0.6) is 0 Å². The average Bonchev–Trinajstić information content (AvgIpc) is 3.44. The largest absolute Gasteiger partial charge is 0.480 e. The number of aliphatic carboxylic acids is 1. The maximum atomic E-state index is 13.6. The van der Waals surface area contributed by atoms with E-state index in [4.69, 9.17) is 14.5 Å². The van der Waals surface area contributed by atoms with E-state index in [9.17, 15) is 19.5 Å². The van der Waals surface area contributed by atoms with Crippen molar-refractivity contribution in [3.63, 3.8) is 0 Å². The maximum absolute atomic E-state index is 13.6. The molecule has 4 aromatic rings. The minimum atomic E-state index is -1.32. The monoisotopic (exact) mass is 611 g/mol. The first-order valence-corrected chi connectivity index (χ1v) is 14.8. The van der Waals surface area contributed by atoms with Crippen LogP contribution in [0.2, 0.25) is 0 Å². The minimum absolute atomic E-state index is 0.108. The molecule has 0 radical (unpaired) electrons. The zero-order chi connectivity index (χ0) is 32.8. The highest BCUT2D eigenvalue weighted by atomic mass is 16.6. The van der Waals surface area contributed by atoms with Crippen molar-refractivity contribution in [2.75, 3.05) is 6.54 Å². The Labute approximate surface area is 264 Å². The second kappa shape index (κ2) is 13.4. The van der Waals surface area contributed by atoms with Gasteiger partial charge in [-0.05, 0) is 58.2 Å². The molecule has 1 amide bonds. The van der Waals surface area contributed by atoms with Crippen molar-refractivity contribution in [2.24, 2.45) is 0 Å². The van der Waals surface area contributed by atoms with Crippen molar-refractivity contribution < 1.29 is 29.0 Å². The molecular weight excluding hydrogens is 570 g/mol. The highest BCUT2D eigenvalue weighted by molar-refractivity contribution is 5.85. The number of rotatable bonds is 10. The highest BCUT2D eigenvalue weighted by Crippen LogP contribution is 2.40. The van der Waals surface area contributed by atoms with E-state index < -0.39 is 47.4 Å². The number of hydrogen-bond acceptors (Lipinski definition) is 6. The summed E-state index contributed by atoms with van der Waals surface area (Å²) in [6, 6.07) is 28.8. The second-order valence-electron chi connectivity index (χ2n) is 12.8. The van der Waals surface area contributed by atoms with Gasteiger partial charge in [-0.25, -0.2) is 14.6 Å². The summed E-state index contributed by atoms with van der Waals surface area (Å²) in [6.45, 7) is 9.37. The van der Waals surface area contributed by atoms with Gasteiger partial charge in [0.2, 0.25) is 0 Å². The summed E-state index contributed by atoms with van der Waals surface area (Å²) in [6.07, 6.45) is 2.48. The van der Waals surface area contributed by atoms with Crippen molar-refractivity contribution in [3.05, 3.63) is 126 Å². The first kappa shape index (κ1) is 33.0. The number of carboxylic acid groups (broad SMARTS) is 1. The van der Waals surface area contributed by atoms with Gasteiger partial charge in [0, 0.05) is 12.6 Å². The van der Waals surface area contributed by atoms with Crippen molar-refractivity contribution >= 4 is 18.0 Å². The lowest BCUT2D eigenvalue weighted by molar-refractivity contribution is -0.162. The Morgan fingerprint density at radius 3 is 1.60 bits per heavy atom. The molecule has 236 valence electrons. The molecule has 0 spiro atoms. The SMILES string of the molecule is CC(C)(C)OC(=O)[C@H](Cc1cn(C(c2ccccc2)(c2ccccc2)c2ccccc2)cn1)N(CC(=O)O)C(=O)OC(C)(C)C. The molecule has 0 aliphatic rings. The van der Waals surface area contributed by atoms with Crippen LogP contribution in [0.15, 0.2) is 104 Å². The first-order chi connectivity index (χ1) is 21.2. The molecule has 1 aromatic heterocycles. The Balaban J connectivity index is 1.87. The fraction of sp³-hybridized carbons (Fsp3) is 0.333. The Hall–Kier alpha value is -4.92. The molecule has 1 atom stereocenters.